The highest BCUT2D eigenvalue weighted by Crippen LogP contribution is 2.22. The van der Waals surface area contributed by atoms with E-state index in [0.717, 1.165) is 0 Å². The van der Waals surface area contributed by atoms with Gasteiger partial charge in [-0.25, -0.2) is 4.98 Å². The molecule has 2 aromatic rings. The molecule has 1 heterocycles. The molecule has 1 atom stereocenters. The predicted molar refractivity (Wildman–Crippen MR) is 74.3 cm³/mol. The second kappa shape index (κ2) is 5.44. The first-order valence-electron chi connectivity index (χ1n) is 5.75. The van der Waals surface area contributed by atoms with Crippen molar-refractivity contribution in [2.24, 2.45) is 7.05 Å². The van der Waals surface area contributed by atoms with Crippen molar-refractivity contribution in [3.05, 3.63) is 34.6 Å². The van der Waals surface area contributed by atoms with Crippen LogP contribution in [0.15, 0.2) is 34.2 Å². The van der Waals surface area contributed by atoms with Crippen LogP contribution in [0.25, 0.3) is 10.9 Å². The molecule has 0 fully saturated rings. The lowest BCUT2D eigenvalue weighted by molar-refractivity contribution is -0.139. The summed E-state index contributed by atoms with van der Waals surface area (Å²) >= 11 is 1.21. The number of thioether (sulfide) groups is 1. The number of ether oxygens (including phenoxy) is 1. The Hall–Kier alpha value is -1.82. The van der Waals surface area contributed by atoms with Gasteiger partial charge in [-0.3, -0.25) is 14.2 Å². The number of para-hydroxylation sites is 1. The van der Waals surface area contributed by atoms with Crippen LogP contribution in [0.5, 0.6) is 0 Å². The molecule has 0 unspecified atom stereocenters. The van der Waals surface area contributed by atoms with Gasteiger partial charge in [0, 0.05) is 7.05 Å². The summed E-state index contributed by atoms with van der Waals surface area (Å²) in [5.41, 5.74) is 0.510. The minimum atomic E-state index is -0.413. The van der Waals surface area contributed by atoms with E-state index in [1.165, 1.54) is 23.4 Å². The zero-order chi connectivity index (χ0) is 14.0. The number of benzene rings is 1. The van der Waals surface area contributed by atoms with Crippen molar-refractivity contribution in [3.63, 3.8) is 0 Å². The number of carbonyl (C=O) groups is 1. The normalized spacial score (nSPS) is 12.4. The lowest BCUT2D eigenvalue weighted by atomic mass is 10.2. The molecule has 0 aliphatic heterocycles. The zero-order valence-corrected chi connectivity index (χ0v) is 11.7. The number of aromatic nitrogens is 2. The molecule has 0 aliphatic carbocycles. The van der Waals surface area contributed by atoms with Gasteiger partial charge < -0.3 is 4.74 Å². The Balaban J connectivity index is 2.47. The fourth-order valence-electron chi connectivity index (χ4n) is 1.68. The topological polar surface area (TPSA) is 61.2 Å². The highest BCUT2D eigenvalue weighted by atomic mass is 32.2. The van der Waals surface area contributed by atoms with Crippen LogP contribution in [-0.2, 0) is 16.6 Å². The van der Waals surface area contributed by atoms with Crippen LogP contribution in [0.1, 0.15) is 6.92 Å². The van der Waals surface area contributed by atoms with Gasteiger partial charge in [-0.2, -0.15) is 0 Å². The number of rotatable bonds is 3. The summed E-state index contributed by atoms with van der Waals surface area (Å²) in [7, 11) is 2.99. The van der Waals surface area contributed by atoms with E-state index < -0.39 is 5.25 Å². The van der Waals surface area contributed by atoms with E-state index in [-0.39, 0.29) is 11.5 Å². The molecule has 0 saturated heterocycles. The summed E-state index contributed by atoms with van der Waals surface area (Å²) in [5.74, 6) is -0.340. The number of nitrogens with zero attached hydrogens (tertiary/aromatic N) is 2. The maximum atomic E-state index is 12.2. The first kappa shape index (κ1) is 13.6. The average Bonchev–Trinajstić information content (AvgIpc) is 2.43. The lowest BCUT2D eigenvalue weighted by Crippen LogP contribution is -2.22. The Kier molecular flexibility index (Phi) is 3.90. The molecule has 19 heavy (non-hydrogen) atoms. The predicted octanol–water partition coefficient (Wildman–Crippen LogP) is 1.59. The van der Waals surface area contributed by atoms with Crippen molar-refractivity contribution in [3.8, 4) is 0 Å². The molecule has 6 heteroatoms. The molecule has 0 N–H and O–H groups in total. The van der Waals surface area contributed by atoms with Gasteiger partial charge in [-0.05, 0) is 19.1 Å². The standard InChI is InChI=1S/C13H14N2O3S/c1-8(12(17)18-3)19-13-14-10-7-5-4-6-9(10)11(16)15(13)2/h4-8H,1-3H3/t8-/m0/s1. The molecule has 5 nitrogen and oxygen atoms in total. The number of esters is 1. The van der Waals surface area contributed by atoms with Crippen LogP contribution in [-0.4, -0.2) is 27.9 Å². The summed E-state index contributed by atoms with van der Waals surface area (Å²) in [6.45, 7) is 1.72. The van der Waals surface area contributed by atoms with Gasteiger partial charge >= 0.3 is 5.97 Å². The molecule has 1 aromatic carbocycles. The Morgan fingerprint density at radius 3 is 2.79 bits per heavy atom. The van der Waals surface area contributed by atoms with E-state index in [4.69, 9.17) is 0 Å². The van der Waals surface area contributed by atoms with Gasteiger partial charge in [0.2, 0.25) is 0 Å². The Labute approximate surface area is 114 Å². The minimum absolute atomic E-state index is 0.120. The average molecular weight is 278 g/mol. The summed E-state index contributed by atoms with van der Waals surface area (Å²) in [4.78, 5) is 28.0. The van der Waals surface area contributed by atoms with Crippen molar-refractivity contribution in [2.75, 3.05) is 7.11 Å². The molecule has 0 amide bonds. The first-order chi connectivity index (χ1) is 9.04. The monoisotopic (exact) mass is 278 g/mol. The van der Waals surface area contributed by atoms with Gasteiger partial charge in [-0.1, -0.05) is 23.9 Å². The summed E-state index contributed by atoms with van der Waals surface area (Å²) in [6.07, 6.45) is 0. The third-order valence-electron chi connectivity index (χ3n) is 2.76. The van der Waals surface area contributed by atoms with Crippen LogP contribution in [0.3, 0.4) is 0 Å². The molecule has 0 aliphatic rings. The van der Waals surface area contributed by atoms with Crippen LogP contribution >= 0.6 is 11.8 Å². The van der Waals surface area contributed by atoms with E-state index in [9.17, 15) is 9.59 Å². The molecule has 0 saturated carbocycles. The fourth-order valence-corrected chi connectivity index (χ4v) is 2.58. The van der Waals surface area contributed by atoms with Crippen LogP contribution in [0, 0.1) is 0 Å². The zero-order valence-electron chi connectivity index (χ0n) is 10.9. The number of methoxy groups -OCH3 is 1. The number of fused-ring (bicyclic) bond motifs is 1. The van der Waals surface area contributed by atoms with Gasteiger partial charge in [0.05, 0.1) is 18.0 Å². The Bertz CT molecular complexity index is 681. The van der Waals surface area contributed by atoms with Gasteiger partial charge in [0.1, 0.15) is 5.25 Å². The van der Waals surface area contributed by atoms with Crippen LogP contribution in [0.4, 0.5) is 0 Å². The van der Waals surface area contributed by atoms with E-state index in [1.807, 2.05) is 6.07 Å². The third kappa shape index (κ3) is 2.63. The number of hydrogen-bond acceptors (Lipinski definition) is 5. The third-order valence-corrected chi connectivity index (χ3v) is 3.88. The summed E-state index contributed by atoms with van der Waals surface area (Å²) in [6, 6.07) is 7.15. The molecule has 0 radical (unpaired) electrons. The van der Waals surface area contributed by atoms with E-state index >= 15 is 0 Å². The van der Waals surface area contributed by atoms with Gasteiger partial charge in [0.25, 0.3) is 5.56 Å². The number of carbonyl (C=O) groups excluding carboxylic acids is 1. The lowest BCUT2D eigenvalue weighted by Gasteiger charge is -2.11. The SMILES string of the molecule is COC(=O)[C@H](C)Sc1nc2ccccc2c(=O)n1C. The molecule has 100 valence electrons. The molecule has 0 spiro atoms. The van der Waals surface area contributed by atoms with Crippen LogP contribution in [0.2, 0.25) is 0 Å². The summed E-state index contributed by atoms with van der Waals surface area (Å²) in [5, 5.41) is 0.658. The maximum absolute atomic E-state index is 12.2. The quantitative estimate of drug-likeness (QED) is 0.485. The highest BCUT2D eigenvalue weighted by Gasteiger charge is 2.18. The molecule has 0 bridgehead atoms. The van der Waals surface area contributed by atoms with E-state index in [2.05, 4.69) is 9.72 Å². The largest absolute Gasteiger partial charge is 0.468 e. The molecule has 1 aromatic heterocycles. The van der Waals surface area contributed by atoms with E-state index in [1.54, 1.807) is 32.2 Å². The van der Waals surface area contributed by atoms with Crippen molar-refractivity contribution >= 4 is 28.6 Å². The minimum Gasteiger partial charge on any atom is -0.468 e. The van der Waals surface area contributed by atoms with Gasteiger partial charge in [-0.15, -0.1) is 0 Å². The molecule has 2 rings (SSSR count). The highest BCUT2D eigenvalue weighted by molar-refractivity contribution is 8.00. The fraction of sp³-hybridized carbons (Fsp3) is 0.308. The van der Waals surface area contributed by atoms with E-state index in [0.29, 0.717) is 16.1 Å². The molecular weight excluding hydrogens is 264 g/mol. The van der Waals surface area contributed by atoms with Crippen LogP contribution < -0.4 is 5.56 Å². The second-order valence-electron chi connectivity index (χ2n) is 4.06. The Morgan fingerprint density at radius 2 is 2.11 bits per heavy atom. The maximum Gasteiger partial charge on any atom is 0.318 e. The number of hydrogen-bond donors (Lipinski definition) is 0. The Morgan fingerprint density at radius 1 is 1.42 bits per heavy atom. The van der Waals surface area contributed by atoms with Gasteiger partial charge in [0.15, 0.2) is 5.16 Å². The second-order valence-corrected chi connectivity index (χ2v) is 5.37. The van der Waals surface area contributed by atoms with Crippen molar-refractivity contribution in [2.45, 2.75) is 17.3 Å². The van der Waals surface area contributed by atoms with Crippen molar-refractivity contribution in [1.29, 1.82) is 0 Å². The van der Waals surface area contributed by atoms with Crippen molar-refractivity contribution < 1.29 is 9.53 Å². The first-order valence-corrected chi connectivity index (χ1v) is 6.63. The summed E-state index contributed by atoms with van der Waals surface area (Å²) < 4.78 is 6.12. The smallest absolute Gasteiger partial charge is 0.318 e. The molecular formula is C13H14N2O3S. The van der Waals surface area contributed by atoms with Crippen molar-refractivity contribution in [1.82, 2.24) is 9.55 Å².